The van der Waals surface area contributed by atoms with Crippen LogP contribution in [0.2, 0.25) is 0 Å². The summed E-state index contributed by atoms with van der Waals surface area (Å²) < 4.78 is 5.05. The van der Waals surface area contributed by atoms with Gasteiger partial charge in [0.1, 0.15) is 0 Å². The summed E-state index contributed by atoms with van der Waals surface area (Å²) in [6.45, 7) is 6.15. The summed E-state index contributed by atoms with van der Waals surface area (Å²) in [5, 5.41) is 0. The van der Waals surface area contributed by atoms with Crippen molar-refractivity contribution < 1.29 is 9.53 Å². The van der Waals surface area contributed by atoms with Crippen LogP contribution in [0.4, 0.5) is 0 Å². The molecule has 0 N–H and O–H groups in total. The number of fused-ring (bicyclic) bond motifs is 1. The van der Waals surface area contributed by atoms with Crippen LogP contribution in [0.5, 0.6) is 0 Å². The van der Waals surface area contributed by atoms with Gasteiger partial charge in [-0.05, 0) is 38.0 Å². The highest BCUT2D eigenvalue weighted by molar-refractivity contribution is 5.78. The van der Waals surface area contributed by atoms with Crippen LogP contribution in [-0.4, -0.2) is 62.1 Å². The first-order valence-electron chi connectivity index (χ1n) is 8.09. The second kappa shape index (κ2) is 7.41. The van der Waals surface area contributed by atoms with Gasteiger partial charge in [-0.25, -0.2) is 0 Å². The Morgan fingerprint density at radius 1 is 1.30 bits per heavy atom. The molecule has 20 heavy (non-hydrogen) atoms. The quantitative estimate of drug-likeness (QED) is 0.699. The predicted octanol–water partition coefficient (Wildman–Crippen LogP) is 1.99. The average Bonchev–Trinajstić information content (AvgIpc) is 2.81. The molecule has 0 aromatic heterocycles. The van der Waals surface area contributed by atoms with Gasteiger partial charge in [0, 0.05) is 46.4 Å². The monoisotopic (exact) mass is 282 g/mol. The molecule has 2 rings (SSSR count). The van der Waals surface area contributed by atoms with Gasteiger partial charge in [-0.15, -0.1) is 0 Å². The van der Waals surface area contributed by atoms with Gasteiger partial charge in [-0.3, -0.25) is 9.69 Å². The molecular formula is C16H30N2O2. The lowest BCUT2D eigenvalue weighted by Crippen LogP contribution is -2.45. The molecule has 4 nitrogen and oxygen atoms in total. The fraction of sp³-hybridized carbons (Fsp3) is 0.938. The van der Waals surface area contributed by atoms with Crippen molar-refractivity contribution in [1.29, 1.82) is 0 Å². The topological polar surface area (TPSA) is 32.8 Å². The molecule has 0 bridgehead atoms. The molecule has 2 fully saturated rings. The molecule has 0 spiro atoms. The molecule has 0 saturated carbocycles. The summed E-state index contributed by atoms with van der Waals surface area (Å²) in [6, 6.07) is 0.751. The van der Waals surface area contributed by atoms with E-state index in [2.05, 4.69) is 11.8 Å². The Morgan fingerprint density at radius 2 is 2.10 bits per heavy atom. The van der Waals surface area contributed by atoms with Crippen molar-refractivity contribution in [2.24, 2.45) is 11.8 Å². The summed E-state index contributed by atoms with van der Waals surface area (Å²) in [4.78, 5) is 17.0. The number of amides is 1. The van der Waals surface area contributed by atoms with E-state index in [-0.39, 0.29) is 5.92 Å². The second-order valence-corrected chi connectivity index (χ2v) is 6.68. The molecule has 2 heterocycles. The zero-order chi connectivity index (χ0) is 14.5. The minimum atomic E-state index is 0.226. The van der Waals surface area contributed by atoms with E-state index < -0.39 is 0 Å². The summed E-state index contributed by atoms with van der Waals surface area (Å²) >= 11 is 0. The molecule has 2 aliphatic rings. The summed E-state index contributed by atoms with van der Waals surface area (Å²) in [6.07, 6.45) is 5.68. The molecular weight excluding hydrogens is 252 g/mol. The summed E-state index contributed by atoms with van der Waals surface area (Å²) in [5.41, 5.74) is 0. The van der Waals surface area contributed by atoms with Gasteiger partial charge < -0.3 is 9.64 Å². The first-order chi connectivity index (χ1) is 9.61. The summed E-state index contributed by atoms with van der Waals surface area (Å²) in [5.74, 6) is 1.38. The Hall–Kier alpha value is -0.610. The van der Waals surface area contributed by atoms with E-state index in [1.807, 2.05) is 11.9 Å². The van der Waals surface area contributed by atoms with Gasteiger partial charge >= 0.3 is 0 Å². The van der Waals surface area contributed by atoms with Crippen molar-refractivity contribution in [2.75, 3.05) is 40.4 Å². The Kier molecular flexibility index (Phi) is 5.85. The average molecular weight is 282 g/mol. The number of methoxy groups -OCH3 is 1. The Balaban J connectivity index is 1.75. The van der Waals surface area contributed by atoms with Crippen LogP contribution in [0.15, 0.2) is 0 Å². The number of unbranched alkanes of at least 4 members (excludes halogenated alkanes) is 1. The molecule has 2 saturated heterocycles. The van der Waals surface area contributed by atoms with Gasteiger partial charge in [0.25, 0.3) is 0 Å². The van der Waals surface area contributed by atoms with Gasteiger partial charge in [-0.2, -0.15) is 0 Å². The van der Waals surface area contributed by atoms with Crippen molar-refractivity contribution in [3.63, 3.8) is 0 Å². The van der Waals surface area contributed by atoms with E-state index in [0.29, 0.717) is 5.91 Å². The molecule has 3 atom stereocenters. The van der Waals surface area contributed by atoms with Gasteiger partial charge in [0.05, 0.1) is 5.92 Å². The fourth-order valence-electron chi connectivity index (χ4n) is 3.75. The van der Waals surface area contributed by atoms with Gasteiger partial charge in [0.2, 0.25) is 5.91 Å². The van der Waals surface area contributed by atoms with E-state index in [1.54, 1.807) is 7.11 Å². The smallest absolute Gasteiger partial charge is 0.226 e. The van der Waals surface area contributed by atoms with Gasteiger partial charge in [0.15, 0.2) is 0 Å². The van der Waals surface area contributed by atoms with Gasteiger partial charge in [-0.1, -0.05) is 6.92 Å². The van der Waals surface area contributed by atoms with E-state index >= 15 is 0 Å². The van der Waals surface area contributed by atoms with Crippen LogP contribution in [0.1, 0.15) is 39.0 Å². The largest absolute Gasteiger partial charge is 0.385 e. The molecule has 116 valence electrons. The van der Waals surface area contributed by atoms with Crippen molar-refractivity contribution in [1.82, 2.24) is 9.80 Å². The second-order valence-electron chi connectivity index (χ2n) is 6.68. The molecule has 1 amide bonds. The molecule has 3 unspecified atom stereocenters. The van der Waals surface area contributed by atoms with Crippen molar-refractivity contribution in [3.8, 4) is 0 Å². The van der Waals surface area contributed by atoms with E-state index in [9.17, 15) is 4.79 Å². The van der Waals surface area contributed by atoms with Crippen molar-refractivity contribution in [2.45, 2.75) is 45.1 Å². The lowest BCUT2D eigenvalue weighted by Gasteiger charge is -2.36. The molecule has 2 aliphatic heterocycles. The fourth-order valence-corrected chi connectivity index (χ4v) is 3.75. The summed E-state index contributed by atoms with van der Waals surface area (Å²) in [7, 11) is 3.68. The zero-order valence-electron chi connectivity index (χ0n) is 13.3. The third kappa shape index (κ3) is 3.95. The predicted molar refractivity (Wildman–Crippen MR) is 80.6 cm³/mol. The highest BCUT2D eigenvalue weighted by atomic mass is 16.5. The lowest BCUT2D eigenvalue weighted by molar-refractivity contribution is -0.136. The Labute approximate surface area is 123 Å². The highest BCUT2D eigenvalue weighted by Crippen LogP contribution is 2.33. The third-order valence-corrected chi connectivity index (χ3v) is 4.86. The lowest BCUT2D eigenvalue weighted by atomic mass is 9.91. The number of carbonyl (C=O) groups is 1. The van der Waals surface area contributed by atoms with E-state index in [1.165, 1.54) is 19.4 Å². The number of ether oxygens (including phenoxy) is 1. The van der Waals surface area contributed by atoms with Crippen LogP contribution in [-0.2, 0) is 9.53 Å². The molecule has 4 heteroatoms. The van der Waals surface area contributed by atoms with Crippen molar-refractivity contribution in [3.05, 3.63) is 0 Å². The molecule has 0 aromatic rings. The number of rotatable bonds is 6. The number of hydrogen-bond acceptors (Lipinski definition) is 3. The minimum Gasteiger partial charge on any atom is -0.385 e. The first-order valence-corrected chi connectivity index (χ1v) is 8.09. The first kappa shape index (κ1) is 15.8. The molecule has 0 aromatic carbocycles. The third-order valence-electron chi connectivity index (χ3n) is 4.86. The maximum absolute atomic E-state index is 12.5. The maximum Gasteiger partial charge on any atom is 0.226 e. The minimum absolute atomic E-state index is 0.226. The highest BCUT2D eigenvalue weighted by Gasteiger charge is 2.37. The Morgan fingerprint density at radius 3 is 2.85 bits per heavy atom. The van der Waals surface area contributed by atoms with Crippen LogP contribution >= 0.6 is 0 Å². The van der Waals surface area contributed by atoms with Crippen LogP contribution in [0, 0.1) is 11.8 Å². The van der Waals surface area contributed by atoms with Crippen molar-refractivity contribution >= 4 is 5.91 Å². The molecule has 0 aliphatic carbocycles. The Bertz CT molecular complexity index is 322. The standard InChI is InChI=1S/C16H30N2O2/c1-13-10-15-7-6-14(12-18(15)11-13)16(19)17(2)8-4-5-9-20-3/h13-15H,4-12H2,1-3H3. The zero-order valence-corrected chi connectivity index (χ0v) is 13.3. The van der Waals surface area contributed by atoms with E-state index in [4.69, 9.17) is 4.74 Å². The normalized spacial score (nSPS) is 30.2. The number of carbonyl (C=O) groups excluding carboxylic acids is 1. The van der Waals surface area contributed by atoms with Crippen LogP contribution in [0.3, 0.4) is 0 Å². The number of hydrogen-bond donors (Lipinski definition) is 0. The van der Waals surface area contributed by atoms with Crippen LogP contribution in [0.25, 0.3) is 0 Å². The number of piperidine rings is 1. The SMILES string of the molecule is COCCCCN(C)C(=O)C1CCC2CC(C)CN2C1. The molecule has 0 radical (unpaired) electrons. The maximum atomic E-state index is 12.5. The van der Waals surface area contributed by atoms with E-state index in [0.717, 1.165) is 50.9 Å². The van der Waals surface area contributed by atoms with Crippen LogP contribution < -0.4 is 0 Å². The number of nitrogens with zero attached hydrogens (tertiary/aromatic N) is 2.